The van der Waals surface area contributed by atoms with E-state index in [1.807, 2.05) is 12.1 Å². The summed E-state index contributed by atoms with van der Waals surface area (Å²) < 4.78 is 4.84. The van der Waals surface area contributed by atoms with Crippen molar-refractivity contribution in [3.8, 4) is 0 Å². The van der Waals surface area contributed by atoms with Crippen molar-refractivity contribution >= 4 is 5.97 Å². The van der Waals surface area contributed by atoms with Crippen LogP contribution in [0.15, 0.2) is 54.6 Å². The quantitative estimate of drug-likeness (QED) is 0.688. The number of benzene rings is 2. The molecule has 2 aromatic rings. The molecule has 0 heterocycles. The second-order valence-electron chi connectivity index (χ2n) is 8.03. The molecule has 134 valence electrons. The van der Waals surface area contributed by atoms with Crippen LogP contribution in [0.3, 0.4) is 0 Å². The van der Waals surface area contributed by atoms with Gasteiger partial charge >= 0.3 is 5.97 Å². The Morgan fingerprint density at radius 2 is 1.42 bits per heavy atom. The standard InChI is InChI=1S/C24H26O2/c1-24(2)21(16-8-5-4-6-9-16)19-10-7-11-20(19)22(24)17-12-14-18(15-13-17)23(25)26-3/h4-6,8-9,12-15,19-20H,7,10-11H2,1-3H3. The largest absolute Gasteiger partial charge is 0.465 e. The molecular weight excluding hydrogens is 320 g/mol. The minimum absolute atomic E-state index is 0.0316. The van der Waals surface area contributed by atoms with Crippen LogP contribution in [0.5, 0.6) is 0 Å². The summed E-state index contributed by atoms with van der Waals surface area (Å²) in [5.74, 6) is 4.11. The van der Waals surface area contributed by atoms with Crippen LogP contribution in [0, 0.1) is 29.1 Å². The van der Waals surface area contributed by atoms with E-state index in [0.29, 0.717) is 17.4 Å². The molecule has 2 unspecified atom stereocenters. The first-order valence-electron chi connectivity index (χ1n) is 9.53. The van der Waals surface area contributed by atoms with Crippen molar-refractivity contribution in [2.24, 2.45) is 17.3 Å². The van der Waals surface area contributed by atoms with Crippen LogP contribution in [-0.2, 0) is 4.74 Å². The van der Waals surface area contributed by atoms with Crippen LogP contribution in [0.2, 0.25) is 0 Å². The first-order valence-corrected chi connectivity index (χ1v) is 9.53. The van der Waals surface area contributed by atoms with Gasteiger partial charge in [0.05, 0.1) is 12.7 Å². The van der Waals surface area contributed by atoms with Gasteiger partial charge in [0.25, 0.3) is 0 Å². The first-order chi connectivity index (χ1) is 12.5. The van der Waals surface area contributed by atoms with Gasteiger partial charge in [-0.1, -0.05) is 62.7 Å². The smallest absolute Gasteiger partial charge is 0.337 e. The van der Waals surface area contributed by atoms with Gasteiger partial charge in [0.1, 0.15) is 0 Å². The molecule has 0 bridgehead atoms. The summed E-state index contributed by atoms with van der Waals surface area (Å²) in [5.41, 5.74) is 3.30. The van der Waals surface area contributed by atoms with Crippen molar-refractivity contribution < 1.29 is 9.53 Å². The number of hydrogen-bond donors (Lipinski definition) is 0. The lowest BCUT2D eigenvalue weighted by Gasteiger charge is -2.35. The Morgan fingerprint density at radius 3 is 1.96 bits per heavy atom. The highest BCUT2D eigenvalue weighted by atomic mass is 16.5. The van der Waals surface area contributed by atoms with Crippen molar-refractivity contribution in [3.05, 3.63) is 83.1 Å². The maximum Gasteiger partial charge on any atom is 0.337 e. The summed E-state index contributed by atoms with van der Waals surface area (Å²) in [7, 11) is 1.43. The Morgan fingerprint density at radius 1 is 0.885 bits per heavy atom. The molecule has 0 N–H and O–H groups in total. The summed E-state index contributed by atoms with van der Waals surface area (Å²) in [6, 6.07) is 18.9. The Balaban J connectivity index is 1.73. The van der Waals surface area contributed by atoms with Crippen molar-refractivity contribution in [1.82, 2.24) is 0 Å². The first kappa shape index (κ1) is 17.3. The zero-order chi connectivity index (χ0) is 18.3. The van der Waals surface area contributed by atoms with Gasteiger partial charge in [0.15, 0.2) is 0 Å². The molecule has 0 amide bonds. The van der Waals surface area contributed by atoms with E-state index >= 15 is 0 Å². The third-order valence-corrected chi connectivity index (χ3v) is 6.31. The fourth-order valence-electron chi connectivity index (χ4n) is 5.39. The highest BCUT2D eigenvalue weighted by molar-refractivity contribution is 5.89. The molecule has 2 atom stereocenters. The SMILES string of the molecule is COC(=O)c1ccc([C]2C3CCCC3[C](c3ccccc3)C2(C)C)cc1. The summed E-state index contributed by atoms with van der Waals surface area (Å²) in [6.45, 7) is 4.74. The van der Waals surface area contributed by atoms with Crippen molar-refractivity contribution in [2.75, 3.05) is 7.11 Å². The number of ether oxygens (including phenoxy) is 1. The lowest BCUT2D eigenvalue weighted by atomic mass is 9.68. The number of carbonyl (C=O) groups is 1. The van der Waals surface area contributed by atoms with Crippen LogP contribution in [0.1, 0.15) is 54.6 Å². The third kappa shape index (κ3) is 2.67. The van der Waals surface area contributed by atoms with Gasteiger partial charge in [-0.05, 0) is 53.4 Å². The fraction of sp³-hybridized carbons (Fsp3) is 0.375. The number of hydrogen-bond acceptors (Lipinski definition) is 2. The van der Waals surface area contributed by atoms with Crippen molar-refractivity contribution in [3.63, 3.8) is 0 Å². The second kappa shape index (κ2) is 6.57. The van der Waals surface area contributed by atoms with Gasteiger partial charge in [0.2, 0.25) is 0 Å². The molecule has 2 aliphatic carbocycles. The number of rotatable bonds is 3. The Hall–Kier alpha value is -2.09. The average molecular weight is 346 g/mol. The Labute approximate surface area is 156 Å². The lowest BCUT2D eigenvalue weighted by Crippen LogP contribution is -2.26. The minimum Gasteiger partial charge on any atom is -0.465 e. The molecule has 2 aromatic carbocycles. The third-order valence-electron chi connectivity index (χ3n) is 6.31. The molecule has 0 spiro atoms. The van der Waals surface area contributed by atoms with E-state index < -0.39 is 0 Å². The van der Waals surface area contributed by atoms with Gasteiger partial charge in [-0.25, -0.2) is 4.79 Å². The van der Waals surface area contributed by atoms with Crippen LogP contribution in [0.25, 0.3) is 0 Å². The fourth-order valence-corrected chi connectivity index (χ4v) is 5.39. The van der Waals surface area contributed by atoms with Crippen molar-refractivity contribution in [1.29, 1.82) is 0 Å². The molecule has 0 saturated heterocycles. The molecule has 0 aromatic heterocycles. The second-order valence-corrected chi connectivity index (χ2v) is 8.03. The molecule has 4 rings (SSSR count). The maximum absolute atomic E-state index is 11.8. The molecule has 0 aliphatic heterocycles. The van der Waals surface area contributed by atoms with E-state index in [1.165, 1.54) is 43.4 Å². The Bertz CT molecular complexity index is 776. The molecule has 2 heteroatoms. The molecule has 2 nitrogen and oxygen atoms in total. The summed E-state index contributed by atoms with van der Waals surface area (Å²) in [6.07, 6.45) is 3.84. The number of carbonyl (C=O) groups excluding carboxylic acids is 1. The van der Waals surface area contributed by atoms with Gasteiger partial charge in [-0.3, -0.25) is 0 Å². The maximum atomic E-state index is 11.8. The van der Waals surface area contributed by atoms with Crippen LogP contribution >= 0.6 is 0 Å². The molecule has 2 radical (unpaired) electrons. The molecule has 2 saturated carbocycles. The summed E-state index contributed by atoms with van der Waals surface area (Å²) in [5, 5.41) is 0. The predicted molar refractivity (Wildman–Crippen MR) is 104 cm³/mol. The summed E-state index contributed by atoms with van der Waals surface area (Å²) in [4.78, 5) is 11.8. The van der Waals surface area contributed by atoms with E-state index in [2.05, 4.69) is 56.3 Å². The van der Waals surface area contributed by atoms with Crippen LogP contribution in [0.4, 0.5) is 0 Å². The van der Waals surface area contributed by atoms with E-state index in [4.69, 9.17) is 4.74 Å². The zero-order valence-electron chi connectivity index (χ0n) is 15.8. The highest BCUT2D eigenvalue weighted by Gasteiger charge is 2.57. The molecular formula is C24H26O2. The number of esters is 1. The van der Waals surface area contributed by atoms with Gasteiger partial charge in [0, 0.05) is 11.8 Å². The van der Waals surface area contributed by atoms with Crippen LogP contribution < -0.4 is 0 Å². The highest BCUT2D eigenvalue weighted by Crippen LogP contribution is 2.65. The monoisotopic (exact) mass is 346 g/mol. The summed E-state index contributed by atoms with van der Waals surface area (Å²) >= 11 is 0. The zero-order valence-corrected chi connectivity index (χ0v) is 15.8. The van der Waals surface area contributed by atoms with E-state index in [1.54, 1.807) is 5.92 Å². The Kier molecular flexibility index (Phi) is 4.38. The predicted octanol–water partition coefficient (Wildman–Crippen LogP) is 5.47. The van der Waals surface area contributed by atoms with E-state index in [0.717, 1.165) is 0 Å². The van der Waals surface area contributed by atoms with E-state index in [9.17, 15) is 4.79 Å². The van der Waals surface area contributed by atoms with Gasteiger partial charge in [-0.2, -0.15) is 0 Å². The lowest BCUT2D eigenvalue weighted by molar-refractivity contribution is 0.0600. The molecule has 26 heavy (non-hydrogen) atoms. The van der Waals surface area contributed by atoms with Gasteiger partial charge in [-0.15, -0.1) is 0 Å². The van der Waals surface area contributed by atoms with Crippen LogP contribution in [-0.4, -0.2) is 13.1 Å². The molecule has 2 aliphatic rings. The number of methoxy groups -OCH3 is 1. The normalized spacial score (nSPS) is 25.2. The van der Waals surface area contributed by atoms with E-state index in [-0.39, 0.29) is 11.4 Å². The number of fused-ring (bicyclic) bond motifs is 1. The minimum atomic E-state index is -0.275. The average Bonchev–Trinajstić information content (AvgIpc) is 3.18. The van der Waals surface area contributed by atoms with Crippen molar-refractivity contribution in [2.45, 2.75) is 33.1 Å². The van der Waals surface area contributed by atoms with Gasteiger partial charge < -0.3 is 4.74 Å². The topological polar surface area (TPSA) is 26.3 Å². The molecule has 2 fully saturated rings.